The van der Waals surface area contributed by atoms with Gasteiger partial charge in [-0.25, -0.2) is 9.48 Å². The standard InChI is InChI=1S/C20H16Cl2N2O3/c1-13-18(19(22)24(23-13)11-14-7-3-2-4-8-14)20(26)27-12-17(25)15-9-5-6-10-16(15)21/h2-10H,11-12H2,1H3. The van der Waals surface area contributed by atoms with E-state index in [1.165, 1.54) is 4.68 Å². The fourth-order valence-corrected chi connectivity index (χ4v) is 3.17. The van der Waals surface area contributed by atoms with Crippen LogP contribution in [0, 0.1) is 6.92 Å². The highest BCUT2D eigenvalue weighted by Gasteiger charge is 2.23. The molecule has 1 heterocycles. The van der Waals surface area contributed by atoms with Gasteiger partial charge in [0.1, 0.15) is 10.7 Å². The second-order valence-electron chi connectivity index (χ2n) is 5.87. The number of hydrogen-bond acceptors (Lipinski definition) is 4. The summed E-state index contributed by atoms with van der Waals surface area (Å²) in [5, 5.41) is 4.79. The van der Waals surface area contributed by atoms with Gasteiger partial charge in [0.15, 0.2) is 6.61 Å². The molecule has 138 valence electrons. The molecule has 0 amide bonds. The summed E-state index contributed by atoms with van der Waals surface area (Å²) in [5.41, 5.74) is 1.89. The van der Waals surface area contributed by atoms with Crippen molar-refractivity contribution in [1.29, 1.82) is 0 Å². The number of hydrogen-bond donors (Lipinski definition) is 0. The minimum atomic E-state index is -0.697. The Hall–Kier alpha value is -2.63. The van der Waals surface area contributed by atoms with Gasteiger partial charge in [-0.15, -0.1) is 0 Å². The maximum Gasteiger partial charge on any atom is 0.343 e. The highest BCUT2D eigenvalue weighted by molar-refractivity contribution is 6.34. The first-order valence-electron chi connectivity index (χ1n) is 8.19. The molecule has 0 aliphatic carbocycles. The van der Waals surface area contributed by atoms with Crippen molar-refractivity contribution in [3.8, 4) is 0 Å². The molecule has 0 N–H and O–H groups in total. The van der Waals surface area contributed by atoms with Crippen molar-refractivity contribution in [2.45, 2.75) is 13.5 Å². The van der Waals surface area contributed by atoms with Crippen LogP contribution in [0.2, 0.25) is 10.2 Å². The lowest BCUT2D eigenvalue weighted by atomic mass is 10.1. The molecule has 0 aliphatic heterocycles. The number of ketones is 1. The maximum absolute atomic E-state index is 12.4. The van der Waals surface area contributed by atoms with Crippen LogP contribution in [-0.2, 0) is 11.3 Å². The fraction of sp³-hybridized carbons (Fsp3) is 0.150. The van der Waals surface area contributed by atoms with Crippen LogP contribution in [0.25, 0.3) is 0 Å². The van der Waals surface area contributed by atoms with Gasteiger partial charge in [0.25, 0.3) is 0 Å². The van der Waals surface area contributed by atoms with Gasteiger partial charge in [0.05, 0.1) is 17.3 Å². The van der Waals surface area contributed by atoms with Crippen molar-refractivity contribution in [2.24, 2.45) is 0 Å². The monoisotopic (exact) mass is 402 g/mol. The number of halogens is 2. The molecule has 27 heavy (non-hydrogen) atoms. The van der Waals surface area contributed by atoms with Crippen LogP contribution < -0.4 is 0 Å². The second-order valence-corrected chi connectivity index (χ2v) is 6.64. The predicted octanol–water partition coefficient (Wildman–Crippen LogP) is 4.59. The van der Waals surface area contributed by atoms with E-state index in [4.69, 9.17) is 27.9 Å². The molecule has 0 atom stereocenters. The molecule has 0 fully saturated rings. The maximum atomic E-state index is 12.4. The van der Waals surface area contributed by atoms with Crippen molar-refractivity contribution < 1.29 is 14.3 Å². The number of esters is 1. The summed E-state index contributed by atoms with van der Waals surface area (Å²) < 4.78 is 6.67. The van der Waals surface area contributed by atoms with E-state index in [1.54, 1.807) is 31.2 Å². The van der Waals surface area contributed by atoms with E-state index >= 15 is 0 Å². The number of carbonyl (C=O) groups excluding carboxylic acids is 2. The van der Waals surface area contributed by atoms with E-state index in [0.717, 1.165) is 5.56 Å². The molecule has 0 aliphatic rings. The van der Waals surface area contributed by atoms with E-state index in [2.05, 4.69) is 5.10 Å². The Balaban J connectivity index is 1.72. The smallest absolute Gasteiger partial charge is 0.343 e. The summed E-state index contributed by atoms with van der Waals surface area (Å²) in [5.74, 6) is -1.09. The first kappa shape index (κ1) is 19.1. The molecule has 0 unspecified atom stereocenters. The lowest BCUT2D eigenvalue weighted by molar-refractivity contribution is 0.0474. The number of carbonyl (C=O) groups is 2. The van der Waals surface area contributed by atoms with Gasteiger partial charge in [-0.2, -0.15) is 5.10 Å². The van der Waals surface area contributed by atoms with Crippen molar-refractivity contribution >= 4 is 35.0 Å². The molecule has 0 bridgehead atoms. The van der Waals surface area contributed by atoms with Crippen LogP contribution in [0.4, 0.5) is 0 Å². The van der Waals surface area contributed by atoms with E-state index < -0.39 is 12.6 Å². The second kappa shape index (κ2) is 8.37. The number of benzene rings is 2. The van der Waals surface area contributed by atoms with Crippen molar-refractivity contribution in [3.63, 3.8) is 0 Å². The van der Waals surface area contributed by atoms with E-state index in [0.29, 0.717) is 22.8 Å². The lowest BCUT2D eigenvalue weighted by Crippen LogP contribution is -2.15. The number of rotatable bonds is 6. The summed E-state index contributed by atoms with van der Waals surface area (Å²) >= 11 is 12.3. The van der Waals surface area contributed by atoms with Crippen LogP contribution in [-0.4, -0.2) is 28.1 Å². The zero-order valence-electron chi connectivity index (χ0n) is 14.5. The molecule has 0 saturated carbocycles. The fourth-order valence-electron chi connectivity index (χ4n) is 2.61. The number of aromatic nitrogens is 2. The number of nitrogens with zero attached hydrogens (tertiary/aromatic N) is 2. The molecular weight excluding hydrogens is 387 g/mol. The molecule has 3 rings (SSSR count). The first-order valence-corrected chi connectivity index (χ1v) is 8.94. The van der Waals surface area contributed by atoms with Gasteiger partial charge < -0.3 is 4.74 Å². The van der Waals surface area contributed by atoms with E-state index in [9.17, 15) is 9.59 Å². The van der Waals surface area contributed by atoms with Crippen LogP contribution in [0.3, 0.4) is 0 Å². The van der Waals surface area contributed by atoms with Crippen LogP contribution in [0.5, 0.6) is 0 Å². The Labute approximate surface area is 166 Å². The summed E-state index contributed by atoms with van der Waals surface area (Å²) in [6.45, 7) is 1.66. The third kappa shape index (κ3) is 4.38. The zero-order valence-corrected chi connectivity index (χ0v) is 16.0. The number of ether oxygens (including phenoxy) is 1. The molecule has 3 aromatic rings. The quantitative estimate of drug-likeness (QED) is 0.446. The van der Waals surface area contributed by atoms with Gasteiger partial charge in [-0.1, -0.05) is 65.7 Å². The average molecular weight is 403 g/mol. The average Bonchev–Trinajstić information content (AvgIpc) is 2.94. The molecular formula is C20H16Cl2N2O3. The SMILES string of the molecule is Cc1nn(Cc2ccccc2)c(Cl)c1C(=O)OCC(=O)c1ccccc1Cl. The highest BCUT2D eigenvalue weighted by atomic mass is 35.5. The number of aryl methyl sites for hydroxylation is 1. The largest absolute Gasteiger partial charge is 0.454 e. The summed E-state index contributed by atoms with van der Waals surface area (Å²) in [4.78, 5) is 24.6. The summed E-state index contributed by atoms with van der Waals surface area (Å²) in [6.07, 6.45) is 0. The molecule has 7 heteroatoms. The van der Waals surface area contributed by atoms with E-state index in [1.807, 2.05) is 30.3 Å². The van der Waals surface area contributed by atoms with Gasteiger partial charge in [0, 0.05) is 5.56 Å². The van der Waals surface area contributed by atoms with Gasteiger partial charge >= 0.3 is 5.97 Å². The van der Waals surface area contributed by atoms with Crippen molar-refractivity contribution in [3.05, 3.63) is 87.2 Å². The molecule has 2 aromatic carbocycles. The third-order valence-corrected chi connectivity index (χ3v) is 4.67. The highest BCUT2D eigenvalue weighted by Crippen LogP contribution is 2.22. The Morgan fingerprint density at radius 3 is 2.41 bits per heavy atom. The van der Waals surface area contributed by atoms with Gasteiger partial charge in [-0.05, 0) is 24.6 Å². The molecule has 5 nitrogen and oxygen atoms in total. The topological polar surface area (TPSA) is 61.2 Å². The molecule has 0 radical (unpaired) electrons. The van der Waals surface area contributed by atoms with Crippen molar-refractivity contribution in [1.82, 2.24) is 9.78 Å². The Bertz CT molecular complexity index is 984. The van der Waals surface area contributed by atoms with E-state index in [-0.39, 0.29) is 16.5 Å². The minimum absolute atomic E-state index is 0.152. The third-order valence-electron chi connectivity index (χ3n) is 3.95. The van der Waals surface area contributed by atoms with Crippen LogP contribution >= 0.6 is 23.2 Å². The predicted molar refractivity (Wildman–Crippen MR) is 104 cm³/mol. The van der Waals surface area contributed by atoms with Crippen molar-refractivity contribution in [2.75, 3.05) is 6.61 Å². The van der Waals surface area contributed by atoms with Gasteiger partial charge in [0.2, 0.25) is 5.78 Å². The molecule has 0 spiro atoms. The van der Waals surface area contributed by atoms with Gasteiger partial charge in [-0.3, -0.25) is 4.79 Å². The molecule has 0 saturated heterocycles. The Morgan fingerprint density at radius 1 is 1.04 bits per heavy atom. The van der Waals surface area contributed by atoms with Crippen LogP contribution in [0.15, 0.2) is 54.6 Å². The summed E-state index contributed by atoms with van der Waals surface area (Å²) in [7, 11) is 0. The lowest BCUT2D eigenvalue weighted by Gasteiger charge is -2.06. The normalized spacial score (nSPS) is 10.6. The molecule has 1 aromatic heterocycles. The number of Topliss-reactive ketones (excluding diaryl/α,β-unsaturated/α-hetero) is 1. The first-order chi connectivity index (χ1) is 13.0. The zero-order chi connectivity index (χ0) is 19.4. The minimum Gasteiger partial charge on any atom is -0.454 e. The summed E-state index contributed by atoms with van der Waals surface area (Å²) in [6, 6.07) is 16.2. The Morgan fingerprint density at radius 2 is 1.70 bits per heavy atom. The Kier molecular flexibility index (Phi) is 5.94. The van der Waals surface area contributed by atoms with Crippen LogP contribution in [0.1, 0.15) is 32.0 Å².